The zero-order chi connectivity index (χ0) is 12.5. The molecule has 0 spiro atoms. The Labute approximate surface area is 101 Å². The van der Waals surface area contributed by atoms with Crippen LogP contribution in [0.4, 0.5) is 0 Å². The van der Waals surface area contributed by atoms with Crippen molar-refractivity contribution in [2.75, 3.05) is 6.61 Å². The molecule has 1 aromatic rings. The van der Waals surface area contributed by atoms with E-state index in [1.54, 1.807) is 6.92 Å². The molecule has 1 atom stereocenters. The molecule has 3 nitrogen and oxygen atoms in total. The normalized spacial score (nSPS) is 12.0. The van der Waals surface area contributed by atoms with Crippen molar-refractivity contribution < 1.29 is 9.53 Å². The monoisotopic (exact) mass is 229 g/mol. The number of nitriles is 1. The topological polar surface area (TPSA) is 50.1 Å². The van der Waals surface area contributed by atoms with E-state index in [-0.39, 0.29) is 0 Å². The third-order valence-electron chi connectivity index (χ3n) is 2.21. The average Bonchev–Trinajstić information content (AvgIpc) is 2.36. The highest BCUT2D eigenvalue weighted by Crippen LogP contribution is 2.08. The number of esters is 1. The molecular weight excluding hydrogens is 214 g/mol. The number of hydrogen-bond donors (Lipinski definition) is 0. The third-order valence-corrected chi connectivity index (χ3v) is 2.21. The quantitative estimate of drug-likeness (QED) is 0.729. The second-order valence-corrected chi connectivity index (χ2v) is 3.48. The predicted molar refractivity (Wildman–Crippen MR) is 65.8 cm³/mol. The Kier molecular flexibility index (Phi) is 5.53. The second-order valence-electron chi connectivity index (χ2n) is 3.48. The van der Waals surface area contributed by atoms with Crippen LogP contribution in [-0.2, 0) is 9.53 Å². The minimum absolute atomic E-state index is 0.305. The third kappa shape index (κ3) is 4.52. The van der Waals surface area contributed by atoms with Crippen LogP contribution < -0.4 is 0 Å². The van der Waals surface area contributed by atoms with Crippen LogP contribution in [-0.4, -0.2) is 12.6 Å². The summed E-state index contributed by atoms with van der Waals surface area (Å²) < 4.78 is 4.80. The van der Waals surface area contributed by atoms with Crippen molar-refractivity contribution >= 4 is 12.0 Å². The predicted octanol–water partition coefficient (Wildman–Crippen LogP) is 2.79. The molecule has 0 fully saturated rings. The van der Waals surface area contributed by atoms with Crippen molar-refractivity contribution in [3.63, 3.8) is 0 Å². The van der Waals surface area contributed by atoms with Crippen molar-refractivity contribution in [3.8, 4) is 6.07 Å². The number of carbonyl (C=O) groups excluding carboxylic acids is 1. The summed E-state index contributed by atoms with van der Waals surface area (Å²) in [6.07, 6.45) is 4.09. The fourth-order valence-corrected chi connectivity index (χ4v) is 1.35. The first-order valence-corrected chi connectivity index (χ1v) is 5.55. The van der Waals surface area contributed by atoms with E-state index < -0.39 is 11.9 Å². The zero-order valence-corrected chi connectivity index (χ0v) is 9.80. The Morgan fingerprint density at radius 1 is 1.47 bits per heavy atom. The molecule has 0 saturated heterocycles. The Balaban J connectivity index is 2.51. The molecule has 0 amide bonds. The van der Waals surface area contributed by atoms with Crippen molar-refractivity contribution in [1.29, 1.82) is 5.26 Å². The van der Waals surface area contributed by atoms with Gasteiger partial charge < -0.3 is 4.74 Å². The van der Waals surface area contributed by atoms with Crippen LogP contribution in [0.15, 0.2) is 36.4 Å². The van der Waals surface area contributed by atoms with Gasteiger partial charge in [-0.25, -0.2) is 0 Å². The molecule has 0 N–H and O–H groups in total. The number of allylic oxidation sites excluding steroid dienone is 1. The minimum Gasteiger partial charge on any atom is -0.465 e. The minimum atomic E-state index is -0.713. The van der Waals surface area contributed by atoms with Gasteiger partial charge in [0.1, 0.15) is 5.92 Å². The molecule has 0 aliphatic carbocycles. The number of nitrogens with zero attached hydrogens (tertiary/aromatic N) is 1. The van der Waals surface area contributed by atoms with E-state index in [1.807, 2.05) is 48.6 Å². The number of benzene rings is 1. The number of rotatable bonds is 5. The maximum absolute atomic E-state index is 11.3. The first-order chi connectivity index (χ1) is 8.27. The van der Waals surface area contributed by atoms with E-state index in [9.17, 15) is 4.79 Å². The summed E-state index contributed by atoms with van der Waals surface area (Å²) in [4.78, 5) is 11.3. The Morgan fingerprint density at radius 3 is 2.76 bits per heavy atom. The molecule has 1 aromatic carbocycles. The highest BCUT2D eigenvalue weighted by molar-refractivity contribution is 5.75. The molecule has 3 heteroatoms. The molecule has 1 rings (SSSR count). The van der Waals surface area contributed by atoms with Gasteiger partial charge in [-0.1, -0.05) is 42.5 Å². The Morgan fingerprint density at radius 2 is 2.18 bits per heavy atom. The van der Waals surface area contributed by atoms with Crippen LogP contribution in [0, 0.1) is 17.2 Å². The van der Waals surface area contributed by atoms with E-state index in [1.165, 1.54) is 0 Å². The molecule has 0 bridgehead atoms. The highest BCUT2D eigenvalue weighted by atomic mass is 16.5. The molecule has 0 heterocycles. The molecule has 0 radical (unpaired) electrons. The molecule has 0 aromatic heterocycles. The summed E-state index contributed by atoms with van der Waals surface area (Å²) in [6.45, 7) is 2.03. The number of hydrogen-bond acceptors (Lipinski definition) is 3. The molecule has 0 aliphatic rings. The standard InChI is InChI=1S/C14H15NO2/c1-2-17-14(16)13(11-15)10-6-9-12-7-4-3-5-8-12/h3-9,13H,2,10H2,1H3. The van der Waals surface area contributed by atoms with Crippen LogP contribution in [0.25, 0.3) is 6.08 Å². The molecular formula is C14H15NO2. The van der Waals surface area contributed by atoms with Crippen LogP contribution in [0.5, 0.6) is 0 Å². The number of carbonyl (C=O) groups is 1. The van der Waals surface area contributed by atoms with Crippen molar-refractivity contribution in [1.82, 2.24) is 0 Å². The molecule has 1 unspecified atom stereocenters. The maximum Gasteiger partial charge on any atom is 0.323 e. The fraction of sp³-hybridized carbons (Fsp3) is 0.286. The number of ether oxygens (including phenoxy) is 1. The van der Waals surface area contributed by atoms with Crippen molar-refractivity contribution in [2.24, 2.45) is 5.92 Å². The zero-order valence-electron chi connectivity index (χ0n) is 9.80. The SMILES string of the molecule is CCOC(=O)C(C#N)CC=Cc1ccccc1. The van der Waals surface area contributed by atoms with Gasteiger partial charge in [0.05, 0.1) is 12.7 Å². The smallest absolute Gasteiger partial charge is 0.323 e. The molecule has 0 aliphatic heterocycles. The van der Waals surface area contributed by atoms with Crippen molar-refractivity contribution in [2.45, 2.75) is 13.3 Å². The van der Waals surface area contributed by atoms with E-state index in [0.29, 0.717) is 13.0 Å². The van der Waals surface area contributed by atoms with Crippen LogP contribution in [0.2, 0.25) is 0 Å². The van der Waals surface area contributed by atoms with Crippen LogP contribution in [0.1, 0.15) is 18.9 Å². The maximum atomic E-state index is 11.3. The molecule has 0 saturated carbocycles. The summed E-state index contributed by atoms with van der Waals surface area (Å²) >= 11 is 0. The van der Waals surface area contributed by atoms with Gasteiger partial charge in [0.15, 0.2) is 0 Å². The van der Waals surface area contributed by atoms with Gasteiger partial charge in [0, 0.05) is 0 Å². The van der Waals surface area contributed by atoms with Gasteiger partial charge in [-0.15, -0.1) is 0 Å². The molecule has 88 valence electrons. The lowest BCUT2D eigenvalue weighted by Gasteiger charge is -2.04. The lowest BCUT2D eigenvalue weighted by molar-refractivity contribution is -0.145. The molecule has 17 heavy (non-hydrogen) atoms. The highest BCUT2D eigenvalue weighted by Gasteiger charge is 2.16. The van der Waals surface area contributed by atoms with Gasteiger partial charge in [-0.05, 0) is 18.9 Å². The van der Waals surface area contributed by atoms with E-state index in [4.69, 9.17) is 10.00 Å². The van der Waals surface area contributed by atoms with Gasteiger partial charge >= 0.3 is 5.97 Å². The van der Waals surface area contributed by atoms with Gasteiger partial charge in [0.25, 0.3) is 0 Å². The second kappa shape index (κ2) is 7.24. The van der Waals surface area contributed by atoms with Crippen LogP contribution in [0.3, 0.4) is 0 Å². The first kappa shape index (κ1) is 13.0. The van der Waals surface area contributed by atoms with Gasteiger partial charge in [0.2, 0.25) is 0 Å². The summed E-state index contributed by atoms with van der Waals surface area (Å²) in [6, 6.07) is 11.7. The van der Waals surface area contributed by atoms with E-state index in [0.717, 1.165) is 5.56 Å². The largest absolute Gasteiger partial charge is 0.465 e. The van der Waals surface area contributed by atoms with E-state index >= 15 is 0 Å². The van der Waals surface area contributed by atoms with Gasteiger partial charge in [-0.2, -0.15) is 5.26 Å². The first-order valence-electron chi connectivity index (χ1n) is 5.55. The summed E-state index contributed by atoms with van der Waals surface area (Å²) in [5.41, 5.74) is 1.05. The Hall–Kier alpha value is -2.08. The van der Waals surface area contributed by atoms with E-state index in [2.05, 4.69) is 0 Å². The lowest BCUT2D eigenvalue weighted by Crippen LogP contribution is -2.15. The summed E-state index contributed by atoms with van der Waals surface area (Å²) in [5.74, 6) is -1.16. The Bertz CT molecular complexity index is 418. The summed E-state index contributed by atoms with van der Waals surface area (Å²) in [7, 11) is 0. The average molecular weight is 229 g/mol. The lowest BCUT2D eigenvalue weighted by atomic mass is 10.1. The summed E-state index contributed by atoms with van der Waals surface area (Å²) in [5, 5.41) is 8.84. The fourth-order valence-electron chi connectivity index (χ4n) is 1.35. The van der Waals surface area contributed by atoms with Gasteiger partial charge in [-0.3, -0.25) is 4.79 Å². The van der Waals surface area contributed by atoms with Crippen LogP contribution >= 0.6 is 0 Å². The van der Waals surface area contributed by atoms with Crippen molar-refractivity contribution in [3.05, 3.63) is 42.0 Å².